The molecule has 0 unspecified atom stereocenters. The van der Waals surface area contributed by atoms with E-state index in [0.29, 0.717) is 19.6 Å². The Bertz CT molecular complexity index is 916. The lowest BCUT2D eigenvalue weighted by atomic mass is 10.0. The van der Waals surface area contributed by atoms with Crippen molar-refractivity contribution < 1.29 is 16.8 Å². The van der Waals surface area contributed by atoms with E-state index in [1.165, 1.54) is 26.2 Å². The smallest absolute Gasteiger partial charge is 0.242 e. The largest absolute Gasteiger partial charge is 0.382 e. The molecule has 1 aromatic rings. The van der Waals surface area contributed by atoms with Crippen LogP contribution in [0.4, 0.5) is 5.69 Å². The lowest BCUT2D eigenvalue weighted by Gasteiger charge is -2.33. The zero-order valence-corrected chi connectivity index (χ0v) is 19.1. The van der Waals surface area contributed by atoms with E-state index in [2.05, 4.69) is 37.2 Å². The monoisotopic (exact) mass is 444 g/mol. The fraction of sp³-hybridized carbons (Fsp3) is 0.474. The summed E-state index contributed by atoms with van der Waals surface area (Å²) < 4.78 is 49.9. The molecule has 0 aromatic heterocycles. The van der Waals surface area contributed by atoms with Gasteiger partial charge in [-0.15, -0.1) is 13.2 Å². The summed E-state index contributed by atoms with van der Waals surface area (Å²) in [5.74, 6) is 0.258. The number of nitrogens with one attached hydrogen (secondary N) is 1. The van der Waals surface area contributed by atoms with E-state index in [0.717, 1.165) is 10.4 Å². The van der Waals surface area contributed by atoms with E-state index in [1.807, 2.05) is 0 Å². The molecule has 0 fully saturated rings. The number of hydrogen-bond acceptors (Lipinski definition) is 6. The van der Waals surface area contributed by atoms with Crippen LogP contribution in [0.5, 0.6) is 0 Å². The maximum Gasteiger partial charge on any atom is 0.242 e. The van der Waals surface area contributed by atoms with Gasteiger partial charge in [-0.05, 0) is 24.1 Å². The van der Waals surface area contributed by atoms with E-state index < -0.39 is 20.0 Å². The summed E-state index contributed by atoms with van der Waals surface area (Å²) in [7, 11) is -5.19. The highest BCUT2D eigenvalue weighted by molar-refractivity contribution is 7.90. The molecule has 1 atom stereocenters. The minimum atomic E-state index is -4.14. The molecule has 1 aromatic carbocycles. The lowest BCUT2D eigenvalue weighted by Crippen LogP contribution is -2.44. The van der Waals surface area contributed by atoms with Crippen molar-refractivity contribution in [2.24, 2.45) is 11.1 Å². The van der Waals surface area contributed by atoms with Crippen molar-refractivity contribution in [2.75, 3.05) is 39.0 Å². The maximum absolute atomic E-state index is 12.4. The van der Waals surface area contributed by atoms with Crippen LogP contribution in [0.3, 0.4) is 0 Å². The van der Waals surface area contributed by atoms with Crippen LogP contribution in [0.2, 0.25) is 0 Å². The summed E-state index contributed by atoms with van der Waals surface area (Å²) in [6, 6.07) is 3.94. The third-order valence-corrected chi connectivity index (χ3v) is 7.27. The number of nitrogens with two attached hydrogens (primary N) is 1. The van der Waals surface area contributed by atoms with Gasteiger partial charge in [0.25, 0.3) is 0 Å². The minimum absolute atomic E-state index is 0.0597. The number of hydrogen-bond donors (Lipinski definition) is 2. The first-order valence-corrected chi connectivity index (χ1v) is 12.1. The van der Waals surface area contributed by atoms with Crippen molar-refractivity contribution in [3.8, 4) is 0 Å². The maximum atomic E-state index is 12.4. The molecule has 0 spiro atoms. The quantitative estimate of drug-likeness (QED) is 0.475. The second kappa shape index (κ2) is 10.4. The van der Waals surface area contributed by atoms with E-state index in [1.54, 1.807) is 12.2 Å². The summed E-state index contributed by atoms with van der Waals surface area (Å²) in [5, 5.41) is 8.48. The van der Waals surface area contributed by atoms with Crippen LogP contribution < -0.4 is 10.5 Å². The summed E-state index contributed by atoms with van der Waals surface area (Å²) >= 11 is 0. The number of sulfonamides is 2. The van der Waals surface area contributed by atoms with E-state index in [9.17, 15) is 16.8 Å². The highest BCUT2D eigenvalue weighted by Crippen LogP contribution is 2.26. The number of rotatable bonds is 12. The molecule has 0 bridgehead atoms. The van der Waals surface area contributed by atoms with Gasteiger partial charge in [0.15, 0.2) is 0 Å². The molecule has 29 heavy (non-hydrogen) atoms. The summed E-state index contributed by atoms with van der Waals surface area (Å²) in [4.78, 5) is 1.76. The second-order valence-electron chi connectivity index (χ2n) is 7.21. The van der Waals surface area contributed by atoms with Crippen molar-refractivity contribution in [3.63, 3.8) is 0 Å². The van der Waals surface area contributed by atoms with Gasteiger partial charge in [-0.2, -0.15) is 0 Å². The predicted molar refractivity (Wildman–Crippen MR) is 118 cm³/mol. The van der Waals surface area contributed by atoms with Gasteiger partial charge in [-0.1, -0.05) is 26.0 Å². The van der Waals surface area contributed by atoms with E-state index >= 15 is 0 Å². The van der Waals surface area contributed by atoms with Crippen molar-refractivity contribution >= 4 is 25.7 Å². The van der Waals surface area contributed by atoms with Crippen molar-refractivity contribution in [1.82, 2.24) is 9.21 Å². The van der Waals surface area contributed by atoms with Gasteiger partial charge >= 0.3 is 0 Å². The van der Waals surface area contributed by atoms with Crippen LogP contribution in [0.1, 0.15) is 13.8 Å². The number of primary sulfonamides is 1. The minimum Gasteiger partial charge on any atom is -0.382 e. The van der Waals surface area contributed by atoms with E-state index in [4.69, 9.17) is 5.14 Å². The average molecular weight is 445 g/mol. The van der Waals surface area contributed by atoms with Crippen LogP contribution >= 0.6 is 0 Å². The second-order valence-corrected chi connectivity index (χ2v) is 10.9. The normalized spacial score (nSPS) is 13.7. The molecule has 1 rings (SSSR count). The molecule has 0 aliphatic heterocycles. The Morgan fingerprint density at radius 1 is 1.10 bits per heavy atom. The zero-order valence-electron chi connectivity index (χ0n) is 17.5. The molecular formula is C19H32N4O4S2. The average Bonchev–Trinajstić information content (AvgIpc) is 2.60. The molecule has 0 aliphatic carbocycles. The van der Waals surface area contributed by atoms with Crippen LogP contribution in [-0.2, 0) is 20.0 Å². The highest BCUT2D eigenvalue weighted by Gasteiger charge is 2.24. The van der Waals surface area contributed by atoms with Gasteiger partial charge < -0.3 is 5.32 Å². The summed E-state index contributed by atoms with van der Waals surface area (Å²) in [6.45, 7) is 13.4. The van der Waals surface area contributed by atoms with Crippen molar-refractivity contribution in [3.05, 3.63) is 43.5 Å². The van der Waals surface area contributed by atoms with Crippen molar-refractivity contribution in [1.29, 1.82) is 0 Å². The topological polar surface area (TPSA) is 113 Å². The Morgan fingerprint density at radius 2 is 1.66 bits per heavy atom. The lowest BCUT2D eigenvalue weighted by molar-refractivity contribution is 0.199. The fourth-order valence-corrected chi connectivity index (χ4v) is 4.67. The Hall–Kier alpha value is -1.72. The number of nitrogens with zero attached hydrogens (tertiary/aromatic N) is 2. The molecule has 0 radical (unpaired) electrons. The standard InChI is InChI=1S/C19H32N4O4S2/c1-7-11-23(12-8-2)18(15(3)4)14-21-17-10-9-16(29(26,27)22(5)6)13-19(17)28(20,24)25/h7-10,13,15,18,21H,1-2,11-12,14H2,3-6H3,(H2,20,24,25)/t18-/m1/s1. The molecule has 0 aliphatic rings. The molecule has 0 heterocycles. The van der Waals surface area contributed by atoms with Gasteiger partial charge in [0.1, 0.15) is 4.90 Å². The molecule has 8 nitrogen and oxygen atoms in total. The molecule has 164 valence electrons. The van der Waals surface area contributed by atoms with Gasteiger partial charge in [0, 0.05) is 39.8 Å². The van der Waals surface area contributed by atoms with Crippen LogP contribution in [-0.4, -0.2) is 65.8 Å². The zero-order chi connectivity index (χ0) is 22.4. The van der Waals surface area contributed by atoms with Crippen LogP contribution in [0.25, 0.3) is 0 Å². The van der Waals surface area contributed by atoms with Gasteiger partial charge in [-0.3, -0.25) is 4.90 Å². The SMILES string of the molecule is C=CCN(CC=C)[C@H](CNc1ccc(S(=O)(=O)N(C)C)cc1S(N)(=O)=O)C(C)C. The number of benzene rings is 1. The molecule has 0 saturated carbocycles. The molecule has 0 saturated heterocycles. The fourth-order valence-electron chi connectivity index (χ4n) is 2.93. The first-order valence-electron chi connectivity index (χ1n) is 9.15. The van der Waals surface area contributed by atoms with Crippen LogP contribution in [0, 0.1) is 5.92 Å². The highest BCUT2D eigenvalue weighted by atomic mass is 32.2. The third-order valence-electron chi connectivity index (χ3n) is 4.51. The summed E-state index contributed by atoms with van der Waals surface area (Å²) in [6.07, 6.45) is 3.60. The van der Waals surface area contributed by atoms with Crippen molar-refractivity contribution in [2.45, 2.75) is 29.7 Å². The van der Waals surface area contributed by atoms with E-state index in [-0.39, 0.29) is 27.4 Å². The molecule has 0 amide bonds. The Kier molecular flexibility index (Phi) is 9.04. The first kappa shape index (κ1) is 25.3. The predicted octanol–water partition coefficient (Wildman–Crippen LogP) is 1.69. The number of anilines is 1. The molecule has 10 heteroatoms. The van der Waals surface area contributed by atoms with Gasteiger partial charge in [0.05, 0.1) is 10.6 Å². The Balaban J connectivity index is 3.30. The summed E-state index contributed by atoms with van der Waals surface area (Å²) in [5.41, 5.74) is 0.257. The third kappa shape index (κ3) is 6.65. The Morgan fingerprint density at radius 3 is 2.07 bits per heavy atom. The van der Waals surface area contributed by atoms with Gasteiger partial charge in [-0.25, -0.2) is 26.3 Å². The molecular weight excluding hydrogens is 412 g/mol. The Labute approximate surface area is 175 Å². The first-order chi connectivity index (χ1) is 13.4. The van der Waals surface area contributed by atoms with Crippen LogP contribution in [0.15, 0.2) is 53.3 Å². The van der Waals surface area contributed by atoms with Gasteiger partial charge in [0.2, 0.25) is 20.0 Å². The molecule has 3 N–H and O–H groups in total.